The summed E-state index contributed by atoms with van der Waals surface area (Å²) in [5, 5.41) is 0. The molecule has 21 heavy (non-hydrogen) atoms. The minimum Gasteiger partial charge on any atom is -0.381 e. The second-order valence-corrected chi connectivity index (χ2v) is 6.13. The Bertz CT molecular complexity index is 462. The lowest BCUT2D eigenvalue weighted by Crippen LogP contribution is -2.42. The average Bonchev–Trinajstić information content (AvgIpc) is 2.53. The van der Waals surface area contributed by atoms with Crippen LogP contribution in [-0.4, -0.2) is 19.0 Å². The van der Waals surface area contributed by atoms with Crippen LogP contribution in [0.5, 0.6) is 0 Å². The Morgan fingerprint density at radius 2 is 1.90 bits per heavy atom. The second kappa shape index (κ2) is 8.70. The molecule has 1 aliphatic rings. The van der Waals surface area contributed by atoms with Crippen LogP contribution >= 0.6 is 15.9 Å². The van der Waals surface area contributed by atoms with Crippen LogP contribution in [0, 0.1) is 6.92 Å². The summed E-state index contributed by atoms with van der Waals surface area (Å²) in [5.74, 6) is 0.375. The third-order valence-electron chi connectivity index (χ3n) is 4.14. The lowest BCUT2D eigenvalue weighted by atomic mass is 9.68. The first-order valence-electron chi connectivity index (χ1n) is 7.98. The molecule has 1 saturated heterocycles. The molecular formula is C18H27BrO2. The van der Waals surface area contributed by atoms with Gasteiger partial charge >= 0.3 is 0 Å². The zero-order valence-corrected chi connectivity index (χ0v) is 15.3. The third kappa shape index (κ3) is 3.95. The highest BCUT2D eigenvalue weighted by Crippen LogP contribution is 2.40. The molecule has 0 aromatic heterocycles. The lowest BCUT2D eigenvalue weighted by Gasteiger charge is -2.37. The van der Waals surface area contributed by atoms with Crippen LogP contribution in [0.2, 0.25) is 0 Å². The van der Waals surface area contributed by atoms with Crippen molar-refractivity contribution < 1.29 is 9.53 Å². The maximum Gasteiger partial charge on any atom is 0.143 e. The molecular weight excluding hydrogens is 328 g/mol. The Balaban J connectivity index is 0.00000106. The first kappa shape index (κ1) is 18.4. The van der Waals surface area contributed by atoms with Crippen molar-refractivity contribution in [1.82, 2.24) is 0 Å². The summed E-state index contributed by atoms with van der Waals surface area (Å²) in [6.07, 6.45) is 3.19. The van der Waals surface area contributed by atoms with Gasteiger partial charge in [0.1, 0.15) is 5.78 Å². The van der Waals surface area contributed by atoms with Crippen LogP contribution < -0.4 is 0 Å². The number of ether oxygens (including phenoxy) is 1. The number of halogens is 1. The van der Waals surface area contributed by atoms with E-state index in [4.69, 9.17) is 4.74 Å². The van der Waals surface area contributed by atoms with E-state index >= 15 is 0 Å². The predicted octanol–water partition coefficient (Wildman–Crippen LogP) is 5.20. The van der Waals surface area contributed by atoms with Crippen molar-refractivity contribution in [2.75, 3.05) is 13.2 Å². The van der Waals surface area contributed by atoms with E-state index in [0.717, 1.165) is 23.7 Å². The van der Waals surface area contributed by atoms with Gasteiger partial charge in [-0.05, 0) is 43.4 Å². The standard InChI is InChI=1S/C16H21BrO2.C2H6/c1-3-5-15(18)16(8-10-19-11-9-16)13-6-4-7-14(17)12(13)2;1-2/h4,6-7H,3,5,8-11H2,1-2H3;1-2H3. The van der Waals surface area contributed by atoms with Crippen LogP contribution in [-0.2, 0) is 14.9 Å². The van der Waals surface area contributed by atoms with E-state index in [2.05, 4.69) is 35.8 Å². The van der Waals surface area contributed by atoms with Crippen LogP contribution in [0.15, 0.2) is 22.7 Å². The number of carbonyl (C=O) groups excluding carboxylic acids is 1. The molecule has 1 fully saturated rings. The van der Waals surface area contributed by atoms with Crippen molar-refractivity contribution in [3.05, 3.63) is 33.8 Å². The van der Waals surface area contributed by atoms with Crippen LogP contribution in [0.1, 0.15) is 57.6 Å². The van der Waals surface area contributed by atoms with Crippen molar-refractivity contribution in [3.8, 4) is 0 Å². The van der Waals surface area contributed by atoms with E-state index in [0.29, 0.717) is 25.4 Å². The molecule has 1 aliphatic heterocycles. The lowest BCUT2D eigenvalue weighted by molar-refractivity contribution is -0.128. The summed E-state index contributed by atoms with van der Waals surface area (Å²) in [5.41, 5.74) is 2.04. The number of carbonyl (C=O) groups is 1. The molecule has 0 spiro atoms. The first-order valence-corrected chi connectivity index (χ1v) is 8.78. The smallest absolute Gasteiger partial charge is 0.143 e. The predicted molar refractivity (Wildman–Crippen MR) is 91.9 cm³/mol. The minimum absolute atomic E-state index is 0.331. The molecule has 0 bridgehead atoms. The van der Waals surface area contributed by atoms with Gasteiger partial charge in [0.25, 0.3) is 0 Å². The van der Waals surface area contributed by atoms with Gasteiger partial charge in [-0.15, -0.1) is 0 Å². The molecule has 0 aliphatic carbocycles. The zero-order valence-electron chi connectivity index (χ0n) is 13.7. The molecule has 0 unspecified atom stereocenters. The van der Waals surface area contributed by atoms with Gasteiger partial charge in [0.2, 0.25) is 0 Å². The van der Waals surface area contributed by atoms with E-state index in [1.807, 2.05) is 26.0 Å². The summed E-state index contributed by atoms with van der Waals surface area (Å²) in [4.78, 5) is 12.7. The molecule has 0 saturated carbocycles. The normalized spacial score (nSPS) is 16.8. The Morgan fingerprint density at radius 1 is 1.29 bits per heavy atom. The highest BCUT2D eigenvalue weighted by atomic mass is 79.9. The number of benzene rings is 1. The number of rotatable bonds is 4. The molecule has 1 aromatic carbocycles. The molecule has 0 amide bonds. The fourth-order valence-corrected chi connectivity index (χ4v) is 3.38. The Hall–Kier alpha value is -0.670. The maximum absolute atomic E-state index is 12.7. The van der Waals surface area contributed by atoms with Crippen molar-refractivity contribution in [1.29, 1.82) is 0 Å². The first-order chi connectivity index (χ1) is 10.1. The molecule has 118 valence electrons. The van der Waals surface area contributed by atoms with Crippen LogP contribution in [0.3, 0.4) is 0 Å². The third-order valence-corrected chi connectivity index (χ3v) is 5.00. The molecule has 3 heteroatoms. The Morgan fingerprint density at radius 3 is 2.48 bits per heavy atom. The number of ketones is 1. The van der Waals surface area contributed by atoms with Gasteiger partial charge in [-0.2, -0.15) is 0 Å². The molecule has 2 nitrogen and oxygen atoms in total. The van der Waals surface area contributed by atoms with Crippen molar-refractivity contribution in [2.45, 2.75) is 58.8 Å². The van der Waals surface area contributed by atoms with Gasteiger partial charge in [-0.25, -0.2) is 0 Å². The molecule has 1 heterocycles. The zero-order chi connectivity index (χ0) is 15.9. The summed E-state index contributed by atoms with van der Waals surface area (Å²) in [6, 6.07) is 6.18. The second-order valence-electron chi connectivity index (χ2n) is 5.28. The molecule has 0 N–H and O–H groups in total. The van der Waals surface area contributed by atoms with Crippen LogP contribution in [0.4, 0.5) is 0 Å². The van der Waals surface area contributed by atoms with Gasteiger partial charge in [0.15, 0.2) is 0 Å². The molecule has 1 aromatic rings. The summed E-state index contributed by atoms with van der Waals surface area (Å²) in [7, 11) is 0. The minimum atomic E-state index is -0.331. The van der Waals surface area contributed by atoms with Gasteiger partial charge < -0.3 is 4.74 Å². The molecule has 0 atom stereocenters. The van der Waals surface area contributed by atoms with E-state index in [9.17, 15) is 4.79 Å². The highest BCUT2D eigenvalue weighted by molar-refractivity contribution is 9.10. The number of hydrogen-bond donors (Lipinski definition) is 0. The van der Waals surface area contributed by atoms with Gasteiger partial charge in [0, 0.05) is 24.1 Å². The van der Waals surface area contributed by atoms with Gasteiger partial charge in [-0.3, -0.25) is 4.79 Å². The molecule has 0 radical (unpaired) electrons. The van der Waals surface area contributed by atoms with E-state index in [1.165, 1.54) is 11.1 Å². The Kier molecular flexibility index (Phi) is 7.61. The average molecular weight is 355 g/mol. The fraction of sp³-hybridized carbons (Fsp3) is 0.611. The van der Waals surface area contributed by atoms with Crippen molar-refractivity contribution in [3.63, 3.8) is 0 Å². The van der Waals surface area contributed by atoms with Gasteiger partial charge in [-0.1, -0.05) is 48.8 Å². The topological polar surface area (TPSA) is 26.3 Å². The maximum atomic E-state index is 12.7. The Labute approximate surface area is 137 Å². The molecule has 2 rings (SSSR count). The monoisotopic (exact) mass is 354 g/mol. The van der Waals surface area contributed by atoms with Gasteiger partial charge in [0.05, 0.1) is 5.41 Å². The summed E-state index contributed by atoms with van der Waals surface area (Å²) >= 11 is 3.58. The summed E-state index contributed by atoms with van der Waals surface area (Å²) in [6.45, 7) is 9.53. The fourth-order valence-electron chi connectivity index (χ4n) is 3.01. The summed E-state index contributed by atoms with van der Waals surface area (Å²) < 4.78 is 6.56. The quantitative estimate of drug-likeness (QED) is 0.742. The van der Waals surface area contributed by atoms with E-state index in [1.54, 1.807) is 0 Å². The number of hydrogen-bond acceptors (Lipinski definition) is 2. The van der Waals surface area contributed by atoms with Crippen LogP contribution in [0.25, 0.3) is 0 Å². The van der Waals surface area contributed by atoms with E-state index < -0.39 is 0 Å². The SMILES string of the molecule is CC.CCCC(=O)C1(c2cccc(Br)c2C)CCOCC1. The largest absolute Gasteiger partial charge is 0.381 e. The number of Topliss-reactive ketones (excluding diaryl/α,β-unsaturated/α-hetero) is 1. The van der Waals surface area contributed by atoms with E-state index in [-0.39, 0.29) is 5.41 Å². The van der Waals surface area contributed by atoms with Crippen molar-refractivity contribution in [2.24, 2.45) is 0 Å². The van der Waals surface area contributed by atoms with Crippen molar-refractivity contribution >= 4 is 21.7 Å². The highest BCUT2D eigenvalue weighted by Gasteiger charge is 2.41.